The molecule has 0 bridgehead atoms. The minimum atomic E-state index is -1.01. The first-order valence-corrected chi connectivity index (χ1v) is 8.02. The minimum absolute atomic E-state index is 0.0578. The number of alkyl halides is 2. The van der Waals surface area contributed by atoms with E-state index in [2.05, 4.69) is 5.32 Å². The van der Waals surface area contributed by atoms with Crippen LogP contribution >= 0.6 is 23.2 Å². The van der Waals surface area contributed by atoms with Crippen molar-refractivity contribution in [2.75, 3.05) is 6.54 Å². The second kappa shape index (κ2) is 6.26. The van der Waals surface area contributed by atoms with Gasteiger partial charge in [-0.2, -0.15) is 0 Å². The van der Waals surface area contributed by atoms with Gasteiger partial charge in [-0.1, -0.05) is 12.1 Å². The number of aliphatic hydroxyl groups excluding tert-OH is 1. The zero-order valence-electron chi connectivity index (χ0n) is 12.9. The van der Waals surface area contributed by atoms with Crippen LogP contribution in [0.3, 0.4) is 0 Å². The topological polar surface area (TPSA) is 58.6 Å². The van der Waals surface area contributed by atoms with Crippen molar-refractivity contribution in [1.29, 1.82) is 0 Å². The smallest absolute Gasteiger partial charge is 0.229 e. The van der Waals surface area contributed by atoms with E-state index in [1.165, 1.54) is 0 Å². The molecule has 0 unspecified atom stereocenters. The fourth-order valence-electron chi connectivity index (χ4n) is 2.22. The van der Waals surface area contributed by atoms with Crippen LogP contribution in [0.15, 0.2) is 24.3 Å². The molecule has 1 saturated carbocycles. The largest absolute Gasteiger partial charge is 0.491 e. The van der Waals surface area contributed by atoms with Crippen LogP contribution in [-0.2, 0) is 4.79 Å². The minimum Gasteiger partial charge on any atom is -0.491 e. The molecule has 1 fully saturated rings. The molecule has 6 heteroatoms. The van der Waals surface area contributed by atoms with E-state index in [9.17, 15) is 9.90 Å². The Morgan fingerprint density at radius 3 is 2.64 bits per heavy atom. The molecule has 2 atom stereocenters. The summed E-state index contributed by atoms with van der Waals surface area (Å²) in [4.78, 5) is 12.1. The molecule has 0 aliphatic heterocycles. The number of halogens is 2. The third-order valence-corrected chi connectivity index (χ3v) is 4.93. The van der Waals surface area contributed by atoms with Gasteiger partial charge in [0.05, 0.1) is 17.6 Å². The summed E-state index contributed by atoms with van der Waals surface area (Å²) in [5.74, 6) is 0.443. The number of nitrogens with one attached hydrogen (secondary N) is 1. The van der Waals surface area contributed by atoms with Gasteiger partial charge in [-0.25, -0.2) is 0 Å². The van der Waals surface area contributed by atoms with E-state index in [4.69, 9.17) is 27.9 Å². The number of benzene rings is 1. The molecule has 1 aliphatic carbocycles. The van der Waals surface area contributed by atoms with Gasteiger partial charge in [0.15, 0.2) is 0 Å². The van der Waals surface area contributed by atoms with Crippen molar-refractivity contribution in [1.82, 2.24) is 5.32 Å². The average Bonchev–Trinajstić information content (AvgIpc) is 2.95. The summed E-state index contributed by atoms with van der Waals surface area (Å²) in [6.07, 6.45) is -0.340. The molecule has 0 radical (unpaired) electrons. The molecule has 122 valence electrons. The first kappa shape index (κ1) is 17.4. The summed E-state index contributed by atoms with van der Waals surface area (Å²) in [6.45, 7) is 5.68. The molecule has 1 amide bonds. The third kappa shape index (κ3) is 3.67. The van der Waals surface area contributed by atoms with Crippen LogP contribution in [0.25, 0.3) is 0 Å². The second-order valence-corrected chi connectivity index (χ2v) is 7.66. The number of carbonyl (C=O) groups is 1. The van der Waals surface area contributed by atoms with Gasteiger partial charge in [-0.3, -0.25) is 4.79 Å². The van der Waals surface area contributed by atoms with Crippen LogP contribution < -0.4 is 10.1 Å². The Kier molecular flexibility index (Phi) is 4.95. The number of carbonyl (C=O) groups excluding carboxylic acids is 1. The molecule has 1 aromatic carbocycles. The Morgan fingerprint density at radius 1 is 1.45 bits per heavy atom. The predicted molar refractivity (Wildman–Crippen MR) is 87.3 cm³/mol. The van der Waals surface area contributed by atoms with Gasteiger partial charge < -0.3 is 15.2 Å². The summed E-state index contributed by atoms with van der Waals surface area (Å²) < 4.78 is 4.58. The van der Waals surface area contributed by atoms with E-state index in [1.54, 1.807) is 19.1 Å². The van der Waals surface area contributed by atoms with Gasteiger partial charge in [0, 0.05) is 6.54 Å². The van der Waals surface area contributed by atoms with Crippen LogP contribution in [0.4, 0.5) is 0 Å². The summed E-state index contributed by atoms with van der Waals surface area (Å²) in [6, 6.07) is 7.19. The summed E-state index contributed by atoms with van der Waals surface area (Å²) in [7, 11) is 0. The molecule has 0 spiro atoms. The average molecular weight is 346 g/mol. The first-order valence-electron chi connectivity index (χ1n) is 7.26. The highest BCUT2D eigenvalue weighted by molar-refractivity contribution is 6.53. The third-order valence-electron chi connectivity index (χ3n) is 3.83. The van der Waals surface area contributed by atoms with Crippen LogP contribution in [0.5, 0.6) is 5.75 Å². The van der Waals surface area contributed by atoms with E-state index in [0.717, 1.165) is 0 Å². The Balaban J connectivity index is 1.93. The van der Waals surface area contributed by atoms with E-state index < -0.39 is 15.9 Å². The molecular weight excluding hydrogens is 325 g/mol. The maximum absolute atomic E-state index is 12.1. The molecule has 0 heterocycles. The lowest BCUT2D eigenvalue weighted by Crippen LogP contribution is -2.36. The van der Waals surface area contributed by atoms with Gasteiger partial charge in [-0.15, -0.1) is 23.2 Å². The highest BCUT2D eigenvalue weighted by Crippen LogP contribution is 2.63. The molecule has 2 rings (SSSR count). The van der Waals surface area contributed by atoms with Crippen molar-refractivity contribution in [2.45, 2.75) is 43.7 Å². The van der Waals surface area contributed by atoms with Crippen molar-refractivity contribution in [3.05, 3.63) is 29.8 Å². The van der Waals surface area contributed by atoms with Crippen molar-refractivity contribution in [3.63, 3.8) is 0 Å². The van der Waals surface area contributed by atoms with E-state index in [-0.39, 0.29) is 18.6 Å². The lowest BCUT2D eigenvalue weighted by molar-refractivity contribution is -0.126. The highest BCUT2D eigenvalue weighted by Gasteiger charge is 2.67. The Morgan fingerprint density at radius 2 is 2.09 bits per heavy atom. The number of hydrogen-bond donors (Lipinski definition) is 2. The molecule has 4 nitrogen and oxygen atoms in total. The highest BCUT2D eigenvalue weighted by atomic mass is 35.5. The van der Waals surface area contributed by atoms with Crippen molar-refractivity contribution in [2.24, 2.45) is 5.41 Å². The molecular formula is C16H21Cl2NO3. The lowest BCUT2D eigenvalue weighted by atomic mass is 10.1. The second-order valence-electron chi connectivity index (χ2n) is 6.18. The number of ether oxygens (including phenoxy) is 1. The van der Waals surface area contributed by atoms with E-state index in [0.29, 0.717) is 17.7 Å². The quantitative estimate of drug-likeness (QED) is 0.778. The zero-order valence-corrected chi connectivity index (χ0v) is 14.4. The molecule has 1 aliphatic rings. The van der Waals surface area contributed by atoms with E-state index in [1.807, 2.05) is 26.0 Å². The zero-order chi connectivity index (χ0) is 16.5. The van der Waals surface area contributed by atoms with Gasteiger partial charge in [-0.05, 0) is 44.9 Å². The van der Waals surface area contributed by atoms with Crippen molar-refractivity contribution in [3.8, 4) is 5.75 Å². The summed E-state index contributed by atoms with van der Waals surface area (Å²) >= 11 is 11.9. The molecule has 0 saturated heterocycles. The number of aliphatic hydroxyl groups is 1. The molecule has 1 aromatic rings. The monoisotopic (exact) mass is 345 g/mol. The van der Waals surface area contributed by atoms with Crippen LogP contribution in [-0.4, -0.2) is 28.0 Å². The normalized spacial score (nSPS) is 24.0. The predicted octanol–water partition coefficient (Wildman–Crippen LogP) is 3.21. The van der Waals surface area contributed by atoms with Crippen molar-refractivity contribution < 1.29 is 14.6 Å². The maximum atomic E-state index is 12.1. The Hall–Kier alpha value is -0.970. The lowest BCUT2D eigenvalue weighted by Gasteiger charge is -2.17. The number of hydrogen-bond acceptors (Lipinski definition) is 3. The van der Waals surface area contributed by atoms with Gasteiger partial charge in [0.2, 0.25) is 5.91 Å². The fraction of sp³-hybridized carbons (Fsp3) is 0.562. The summed E-state index contributed by atoms with van der Waals surface area (Å²) in [5, 5.41) is 12.9. The van der Waals surface area contributed by atoms with Gasteiger partial charge in [0.25, 0.3) is 0 Å². The number of amides is 1. The SMILES string of the molecule is CC(C)Oc1cccc([C@H](O)CNC(=O)[C@@]2(C)CC2(Cl)Cl)c1. The van der Waals surface area contributed by atoms with Crippen LogP contribution in [0, 0.1) is 5.41 Å². The molecule has 22 heavy (non-hydrogen) atoms. The molecule has 0 aromatic heterocycles. The Labute approximate surface area is 140 Å². The van der Waals surface area contributed by atoms with Gasteiger partial charge in [0.1, 0.15) is 10.1 Å². The van der Waals surface area contributed by atoms with Crippen LogP contribution in [0.1, 0.15) is 38.9 Å². The summed E-state index contributed by atoms with van der Waals surface area (Å²) in [5.41, 5.74) is -0.0965. The van der Waals surface area contributed by atoms with Crippen LogP contribution in [0.2, 0.25) is 0 Å². The van der Waals surface area contributed by atoms with Crippen molar-refractivity contribution >= 4 is 29.1 Å². The number of rotatable bonds is 6. The Bertz CT molecular complexity index is 562. The fourth-order valence-corrected chi connectivity index (χ4v) is 2.92. The van der Waals surface area contributed by atoms with E-state index >= 15 is 0 Å². The van der Waals surface area contributed by atoms with Gasteiger partial charge >= 0.3 is 0 Å². The standard InChI is InChI=1S/C16H21Cl2NO3/c1-10(2)22-12-6-4-5-11(7-12)13(20)8-19-14(21)15(3)9-16(15,17)18/h4-7,10,13,20H,8-9H2,1-3H3,(H,19,21)/t13-,15-/m1/s1. The first-order chi connectivity index (χ1) is 10.2. The molecule has 2 N–H and O–H groups in total. The maximum Gasteiger partial charge on any atom is 0.229 e.